The average Bonchev–Trinajstić information content (AvgIpc) is 3.00. The number of carbonyl (C=O) groups is 1. The number of aromatic nitrogens is 1. The maximum atomic E-state index is 11.7. The first-order valence-corrected chi connectivity index (χ1v) is 6.05. The van der Waals surface area contributed by atoms with Gasteiger partial charge >= 0.3 is 0 Å². The highest BCUT2D eigenvalue weighted by Gasteiger charge is 2.12. The summed E-state index contributed by atoms with van der Waals surface area (Å²) < 4.78 is 5.22. The average molecular weight is 324 g/mol. The largest absolute Gasteiger partial charge is 0.462 e. The number of furan rings is 1. The first-order chi connectivity index (χ1) is 8.31. The van der Waals surface area contributed by atoms with Gasteiger partial charge < -0.3 is 15.1 Å². The Morgan fingerprint density at radius 1 is 1.42 bits per heavy atom. The fourth-order valence-corrected chi connectivity index (χ4v) is 2.08. The molecule has 2 N–H and O–H groups in total. The summed E-state index contributed by atoms with van der Waals surface area (Å²) in [6, 6.07) is 3.62. The summed E-state index contributed by atoms with van der Waals surface area (Å²) in [7, 11) is 1.84. The second-order valence-corrected chi connectivity index (χ2v) is 4.40. The molecular weight excluding hydrogens is 309 g/mol. The van der Waals surface area contributed by atoms with Crippen LogP contribution in [-0.4, -0.2) is 31.0 Å². The van der Waals surface area contributed by atoms with Crippen molar-refractivity contribution in [3.8, 4) is 10.8 Å². The van der Waals surface area contributed by atoms with Gasteiger partial charge in [-0.1, -0.05) is 0 Å². The second kappa shape index (κ2) is 8.92. The van der Waals surface area contributed by atoms with Gasteiger partial charge in [-0.05, 0) is 19.2 Å². The van der Waals surface area contributed by atoms with E-state index in [-0.39, 0.29) is 30.7 Å². The van der Waals surface area contributed by atoms with Crippen molar-refractivity contribution in [2.75, 3.05) is 20.1 Å². The van der Waals surface area contributed by atoms with Crippen LogP contribution in [0.3, 0.4) is 0 Å². The smallest absolute Gasteiger partial charge is 0.263 e. The molecule has 1 amide bonds. The van der Waals surface area contributed by atoms with E-state index in [1.54, 1.807) is 18.5 Å². The van der Waals surface area contributed by atoms with Crippen molar-refractivity contribution in [2.24, 2.45) is 0 Å². The van der Waals surface area contributed by atoms with E-state index >= 15 is 0 Å². The number of halogens is 2. The van der Waals surface area contributed by atoms with Crippen molar-refractivity contribution in [3.05, 3.63) is 29.5 Å². The van der Waals surface area contributed by atoms with Crippen molar-refractivity contribution in [3.63, 3.8) is 0 Å². The molecule has 0 unspecified atom stereocenters. The number of hydrogen-bond acceptors (Lipinski definition) is 5. The molecule has 0 aliphatic carbocycles. The molecule has 0 fully saturated rings. The molecule has 0 aromatic carbocycles. The molecular formula is C11H15Cl2N3O2S. The SMILES string of the molecule is CNCCNC(=O)c1cnc(-c2ccco2)s1.Cl.Cl. The first-order valence-electron chi connectivity index (χ1n) is 5.24. The molecule has 0 bridgehead atoms. The third-order valence-corrected chi connectivity index (χ3v) is 3.13. The molecule has 19 heavy (non-hydrogen) atoms. The van der Waals surface area contributed by atoms with Crippen LogP contribution in [0.4, 0.5) is 0 Å². The Bertz CT molecular complexity index is 488. The molecule has 0 atom stereocenters. The third kappa shape index (κ3) is 4.83. The monoisotopic (exact) mass is 323 g/mol. The lowest BCUT2D eigenvalue weighted by Crippen LogP contribution is -2.29. The minimum Gasteiger partial charge on any atom is -0.462 e. The van der Waals surface area contributed by atoms with Gasteiger partial charge in [-0.2, -0.15) is 0 Å². The van der Waals surface area contributed by atoms with E-state index in [1.807, 2.05) is 13.1 Å². The number of amides is 1. The summed E-state index contributed by atoms with van der Waals surface area (Å²) in [5, 5.41) is 6.47. The quantitative estimate of drug-likeness (QED) is 0.828. The van der Waals surface area contributed by atoms with Crippen LogP contribution in [0.15, 0.2) is 29.0 Å². The molecule has 0 saturated heterocycles. The highest BCUT2D eigenvalue weighted by molar-refractivity contribution is 7.16. The summed E-state index contributed by atoms with van der Waals surface area (Å²) in [5.74, 6) is 0.583. The summed E-state index contributed by atoms with van der Waals surface area (Å²) in [6.07, 6.45) is 3.15. The summed E-state index contributed by atoms with van der Waals surface area (Å²) in [6.45, 7) is 1.35. The molecule has 8 heteroatoms. The van der Waals surface area contributed by atoms with Crippen LogP contribution in [0, 0.1) is 0 Å². The molecule has 2 aromatic rings. The number of nitrogens with zero attached hydrogens (tertiary/aromatic N) is 1. The Morgan fingerprint density at radius 3 is 2.84 bits per heavy atom. The van der Waals surface area contributed by atoms with Crippen LogP contribution in [0.25, 0.3) is 10.8 Å². The molecule has 0 radical (unpaired) electrons. The van der Waals surface area contributed by atoms with Gasteiger partial charge in [0.2, 0.25) is 0 Å². The highest BCUT2D eigenvalue weighted by atomic mass is 35.5. The van der Waals surface area contributed by atoms with Crippen LogP contribution >= 0.6 is 36.2 Å². The molecule has 2 heterocycles. The lowest BCUT2D eigenvalue weighted by Gasteiger charge is -2.01. The molecule has 0 aliphatic rings. The number of thiazole rings is 1. The zero-order chi connectivity index (χ0) is 12.1. The molecule has 0 aliphatic heterocycles. The first kappa shape index (κ1) is 17.9. The summed E-state index contributed by atoms with van der Waals surface area (Å²) in [5.41, 5.74) is 0. The van der Waals surface area contributed by atoms with Gasteiger partial charge in [0.25, 0.3) is 5.91 Å². The standard InChI is InChI=1S/C11H13N3O2S.2ClH/c1-12-4-5-13-10(15)9-7-14-11(17-9)8-3-2-6-16-8;;/h2-3,6-7,12H,4-5H2,1H3,(H,13,15);2*1H. The van der Waals surface area contributed by atoms with Gasteiger partial charge in [0, 0.05) is 13.1 Å². The van der Waals surface area contributed by atoms with Crippen LogP contribution in [0.2, 0.25) is 0 Å². The lowest BCUT2D eigenvalue weighted by atomic mass is 10.4. The van der Waals surface area contributed by atoms with Crippen molar-refractivity contribution in [1.82, 2.24) is 15.6 Å². The van der Waals surface area contributed by atoms with Gasteiger partial charge in [0.15, 0.2) is 10.8 Å². The number of nitrogens with one attached hydrogen (secondary N) is 2. The van der Waals surface area contributed by atoms with E-state index in [0.29, 0.717) is 22.2 Å². The Morgan fingerprint density at radius 2 is 2.21 bits per heavy atom. The Balaban J connectivity index is 0.00000162. The van der Waals surface area contributed by atoms with Crippen molar-refractivity contribution in [2.45, 2.75) is 0 Å². The van der Waals surface area contributed by atoms with Crippen LogP contribution in [0.5, 0.6) is 0 Å². The molecule has 0 spiro atoms. The highest BCUT2D eigenvalue weighted by Crippen LogP contribution is 2.25. The normalized spacial score (nSPS) is 9.32. The fraction of sp³-hybridized carbons (Fsp3) is 0.273. The van der Waals surface area contributed by atoms with E-state index in [2.05, 4.69) is 15.6 Å². The maximum absolute atomic E-state index is 11.7. The topological polar surface area (TPSA) is 67.2 Å². The Kier molecular flexibility index (Phi) is 8.42. The zero-order valence-electron chi connectivity index (χ0n) is 10.2. The molecule has 2 rings (SSSR count). The van der Waals surface area contributed by atoms with Gasteiger partial charge in [-0.25, -0.2) is 4.98 Å². The third-order valence-electron chi connectivity index (χ3n) is 2.12. The molecule has 0 saturated carbocycles. The summed E-state index contributed by atoms with van der Waals surface area (Å²) in [4.78, 5) is 16.4. The number of rotatable bonds is 5. The van der Waals surface area contributed by atoms with Gasteiger partial charge in [-0.15, -0.1) is 36.2 Å². The zero-order valence-corrected chi connectivity index (χ0v) is 12.7. The van der Waals surface area contributed by atoms with Gasteiger partial charge in [-0.3, -0.25) is 4.79 Å². The van der Waals surface area contributed by atoms with E-state index in [9.17, 15) is 4.79 Å². The van der Waals surface area contributed by atoms with Gasteiger partial charge in [0.1, 0.15) is 4.88 Å². The van der Waals surface area contributed by atoms with Crippen molar-refractivity contribution < 1.29 is 9.21 Å². The Hall–Kier alpha value is -1.08. The van der Waals surface area contributed by atoms with E-state index in [4.69, 9.17) is 4.42 Å². The number of hydrogen-bond donors (Lipinski definition) is 2. The molecule has 5 nitrogen and oxygen atoms in total. The van der Waals surface area contributed by atoms with E-state index < -0.39 is 0 Å². The minimum absolute atomic E-state index is 0. The summed E-state index contributed by atoms with van der Waals surface area (Å²) >= 11 is 1.32. The van der Waals surface area contributed by atoms with E-state index in [0.717, 1.165) is 6.54 Å². The van der Waals surface area contributed by atoms with Crippen LogP contribution in [-0.2, 0) is 0 Å². The van der Waals surface area contributed by atoms with Crippen molar-refractivity contribution in [1.29, 1.82) is 0 Å². The predicted octanol–water partition coefficient (Wildman–Crippen LogP) is 2.20. The number of likely N-dealkylation sites (N-methyl/N-ethyl adjacent to an activating group) is 1. The van der Waals surface area contributed by atoms with Crippen LogP contribution < -0.4 is 10.6 Å². The maximum Gasteiger partial charge on any atom is 0.263 e. The van der Waals surface area contributed by atoms with Crippen LogP contribution in [0.1, 0.15) is 9.67 Å². The van der Waals surface area contributed by atoms with E-state index in [1.165, 1.54) is 11.3 Å². The number of carbonyl (C=O) groups excluding carboxylic acids is 1. The lowest BCUT2D eigenvalue weighted by molar-refractivity contribution is 0.0958. The van der Waals surface area contributed by atoms with Gasteiger partial charge in [0.05, 0.1) is 12.5 Å². The predicted molar refractivity (Wildman–Crippen MR) is 80.6 cm³/mol. The molecule has 106 valence electrons. The minimum atomic E-state index is -0.101. The van der Waals surface area contributed by atoms with Crippen molar-refractivity contribution >= 4 is 42.1 Å². The fourth-order valence-electron chi connectivity index (χ4n) is 1.28. The molecule has 2 aromatic heterocycles. The second-order valence-electron chi connectivity index (χ2n) is 3.37. The Labute approximate surface area is 127 Å².